The standard InChI is InChI=1S/C9H14N2OS/c1-7(2)11-9(12)5-10-8-3-4-13-6-8/h3-4,6-7,10H,5H2,1-2H3,(H,11,12). The Labute approximate surface area is 82.2 Å². The highest BCUT2D eigenvalue weighted by Crippen LogP contribution is 2.10. The minimum Gasteiger partial charge on any atom is -0.375 e. The topological polar surface area (TPSA) is 41.1 Å². The van der Waals surface area contributed by atoms with Gasteiger partial charge in [-0.05, 0) is 25.3 Å². The van der Waals surface area contributed by atoms with E-state index in [1.165, 1.54) is 0 Å². The lowest BCUT2D eigenvalue weighted by Crippen LogP contribution is -2.34. The van der Waals surface area contributed by atoms with Crippen molar-refractivity contribution in [1.29, 1.82) is 0 Å². The molecule has 0 unspecified atom stereocenters. The van der Waals surface area contributed by atoms with E-state index in [0.717, 1.165) is 5.69 Å². The van der Waals surface area contributed by atoms with Gasteiger partial charge in [0.2, 0.25) is 5.91 Å². The first-order chi connectivity index (χ1) is 6.18. The van der Waals surface area contributed by atoms with Crippen molar-refractivity contribution >= 4 is 22.9 Å². The molecule has 0 fully saturated rings. The minimum atomic E-state index is 0.0289. The van der Waals surface area contributed by atoms with Crippen molar-refractivity contribution < 1.29 is 4.79 Å². The summed E-state index contributed by atoms with van der Waals surface area (Å²) in [5.74, 6) is 0.0289. The zero-order valence-corrected chi connectivity index (χ0v) is 8.65. The molecular formula is C9H14N2OS. The Balaban J connectivity index is 2.23. The molecule has 0 saturated heterocycles. The fraction of sp³-hybridized carbons (Fsp3) is 0.444. The van der Waals surface area contributed by atoms with E-state index >= 15 is 0 Å². The highest BCUT2D eigenvalue weighted by Gasteiger charge is 2.01. The van der Waals surface area contributed by atoms with Crippen molar-refractivity contribution in [3.63, 3.8) is 0 Å². The third-order valence-corrected chi connectivity index (χ3v) is 2.11. The van der Waals surface area contributed by atoms with Gasteiger partial charge in [0.25, 0.3) is 0 Å². The summed E-state index contributed by atoms with van der Waals surface area (Å²) in [6.07, 6.45) is 0. The van der Waals surface area contributed by atoms with Crippen LogP contribution in [0.2, 0.25) is 0 Å². The number of nitrogens with one attached hydrogen (secondary N) is 2. The van der Waals surface area contributed by atoms with E-state index in [1.54, 1.807) is 11.3 Å². The van der Waals surface area contributed by atoms with Gasteiger partial charge in [0.05, 0.1) is 6.54 Å². The van der Waals surface area contributed by atoms with Gasteiger partial charge < -0.3 is 10.6 Å². The van der Waals surface area contributed by atoms with Gasteiger partial charge in [-0.25, -0.2) is 0 Å². The van der Waals surface area contributed by atoms with Gasteiger partial charge in [0.15, 0.2) is 0 Å². The predicted octanol–water partition coefficient (Wildman–Crippen LogP) is 1.68. The molecule has 3 nitrogen and oxygen atoms in total. The zero-order chi connectivity index (χ0) is 9.68. The van der Waals surface area contributed by atoms with Crippen molar-refractivity contribution in [3.05, 3.63) is 16.8 Å². The molecular weight excluding hydrogens is 184 g/mol. The molecule has 13 heavy (non-hydrogen) atoms. The number of hydrogen-bond donors (Lipinski definition) is 2. The maximum absolute atomic E-state index is 11.2. The second kappa shape index (κ2) is 4.87. The van der Waals surface area contributed by atoms with Gasteiger partial charge >= 0.3 is 0 Å². The lowest BCUT2D eigenvalue weighted by molar-refractivity contribution is -0.119. The molecule has 0 bridgehead atoms. The molecule has 0 spiro atoms. The summed E-state index contributed by atoms with van der Waals surface area (Å²) in [7, 11) is 0. The maximum Gasteiger partial charge on any atom is 0.239 e. The first kappa shape index (κ1) is 10.1. The van der Waals surface area contributed by atoms with Crippen LogP contribution in [0.5, 0.6) is 0 Å². The molecule has 0 saturated carbocycles. The van der Waals surface area contributed by atoms with Crippen LogP contribution in [0.4, 0.5) is 5.69 Å². The maximum atomic E-state index is 11.2. The summed E-state index contributed by atoms with van der Waals surface area (Å²) in [6.45, 7) is 4.24. The van der Waals surface area contributed by atoms with Crippen LogP contribution >= 0.6 is 11.3 Å². The van der Waals surface area contributed by atoms with Gasteiger partial charge in [0.1, 0.15) is 0 Å². The van der Waals surface area contributed by atoms with E-state index in [9.17, 15) is 4.79 Å². The Morgan fingerprint density at radius 2 is 2.38 bits per heavy atom. The summed E-state index contributed by atoms with van der Waals surface area (Å²) < 4.78 is 0. The first-order valence-electron chi connectivity index (χ1n) is 4.24. The Kier molecular flexibility index (Phi) is 3.76. The quantitative estimate of drug-likeness (QED) is 0.773. The van der Waals surface area contributed by atoms with Crippen LogP contribution in [0.25, 0.3) is 0 Å². The van der Waals surface area contributed by atoms with E-state index in [-0.39, 0.29) is 11.9 Å². The van der Waals surface area contributed by atoms with Crippen molar-refractivity contribution in [2.45, 2.75) is 19.9 Å². The third-order valence-electron chi connectivity index (χ3n) is 1.42. The molecule has 0 radical (unpaired) electrons. The zero-order valence-electron chi connectivity index (χ0n) is 7.83. The van der Waals surface area contributed by atoms with Crippen LogP contribution in [-0.2, 0) is 4.79 Å². The summed E-state index contributed by atoms with van der Waals surface area (Å²) in [5, 5.41) is 9.79. The van der Waals surface area contributed by atoms with E-state index in [1.807, 2.05) is 30.7 Å². The van der Waals surface area contributed by atoms with Crippen molar-refractivity contribution in [1.82, 2.24) is 5.32 Å². The van der Waals surface area contributed by atoms with Gasteiger partial charge in [-0.1, -0.05) is 0 Å². The predicted molar refractivity (Wildman–Crippen MR) is 56.1 cm³/mol. The fourth-order valence-corrected chi connectivity index (χ4v) is 1.53. The Morgan fingerprint density at radius 1 is 1.62 bits per heavy atom. The second-order valence-corrected chi connectivity index (χ2v) is 3.87. The number of anilines is 1. The minimum absolute atomic E-state index is 0.0289. The summed E-state index contributed by atoms with van der Waals surface area (Å²) in [5.41, 5.74) is 1.00. The Hall–Kier alpha value is -1.03. The number of rotatable bonds is 4. The molecule has 4 heteroatoms. The molecule has 0 aliphatic heterocycles. The molecule has 0 aliphatic carbocycles. The van der Waals surface area contributed by atoms with Crippen LogP contribution in [0.15, 0.2) is 16.8 Å². The van der Waals surface area contributed by atoms with E-state index in [0.29, 0.717) is 6.54 Å². The molecule has 72 valence electrons. The Bertz CT molecular complexity index is 257. The number of carbonyl (C=O) groups is 1. The lowest BCUT2D eigenvalue weighted by atomic mass is 10.4. The molecule has 0 aromatic carbocycles. The molecule has 0 aliphatic rings. The van der Waals surface area contributed by atoms with E-state index in [2.05, 4.69) is 10.6 Å². The molecule has 1 heterocycles. The monoisotopic (exact) mass is 198 g/mol. The molecule has 0 atom stereocenters. The van der Waals surface area contributed by atoms with Gasteiger partial charge in [0, 0.05) is 17.1 Å². The third kappa shape index (κ3) is 3.94. The highest BCUT2D eigenvalue weighted by molar-refractivity contribution is 7.08. The molecule has 1 amide bonds. The largest absolute Gasteiger partial charge is 0.375 e. The summed E-state index contributed by atoms with van der Waals surface area (Å²) >= 11 is 1.61. The Morgan fingerprint density at radius 3 is 2.92 bits per heavy atom. The molecule has 1 aromatic rings. The average molecular weight is 198 g/mol. The van der Waals surface area contributed by atoms with Crippen LogP contribution in [0.1, 0.15) is 13.8 Å². The van der Waals surface area contributed by atoms with E-state index in [4.69, 9.17) is 0 Å². The lowest BCUT2D eigenvalue weighted by Gasteiger charge is -2.08. The summed E-state index contributed by atoms with van der Waals surface area (Å²) in [6, 6.07) is 2.16. The molecule has 1 rings (SSSR count). The highest BCUT2D eigenvalue weighted by atomic mass is 32.1. The molecule has 1 aromatic heterocycles. The van der Waals surface area contributed by atoms with Crippen LogP contribution in [0, 0.1) is 0 Å². The second-order valence-electron chi connectivity index (χ2n) is 3.09. The first-order valence-corrected chi connectivity index (χ1v) is 5.18. The van der Waals surface area contributed by atoms with Crippen molar-refractivity contribution in [2.75, 3.05) is 11.9 Å². The van der Waals surface area contributed by atoms with Gasteiger partial charge in [-0.15, -0.1) is 0 Å². The number of amides is 1. The molecule has 2 N–H and O–H groups in total. The fourth-order valence-electron chi connectivity index (χ4n) is 0.920. The average Bonchev–Trinajstić information content (AvgIpc) is 2.51. The number of hydrogen-bond acceptors (Lipinski definition) is 3. The van der Waals surface area contributed by atoms with E-state index < -0.39 is 0 Å². The van der Waals surface area contributed by atoms with Gasteiger partial charge in [-0.3, -0.25) is 4.79 Å². The van der Waals surface area contributed by atoms with Crippen LogP contribution < -0.4 is 10.6 Å². The van der Waals surface area contributed by atoms with Crippen LogP contribution in [-0.4, -0.2) is 18.5 Å². The van der Waals surface area contributed by atoms with Gasteiger partial charge in [-0.2, -0.15) is 11.3 Å². The van der Waals surface area contributed by atoms with Crippen molar-refractivity contribution in [3.8, 4) is 0 Å². The number of carbonyl (C=O) groups excluding carboxylic acids is 1. The van der Waals surface area contributed by atoms with Crippen LogP contribution in [0.3, 0.4) is 0 Å². The van der Waals surface area contributed by atoms with Crippen molar-refractivity contribution in [2.24, 2.45) is 0 Å². The normalized spacial score (nSPS) is 10.1. The SMILES string of the molecule is CC(C)NC(=O)CNc1ccsc1. The number of thiophene rings is 1. The smallest absolute Gasteiger partial charge is 0.239 e. The summed E-state index contributed by atoms with van der Waals surface area (Å²) in [4.78, 5) is 11.2.